The van der Waals surface area contributed by atoms with Crippen molar-refractivity contribution in [2.24, 2.45) is 5.73 Å². The molecule has 2 aromatic rings. The van der Waals surface area contributed by atoms with Crippen molar-refractivity contribution in [1.82, 2.24) is 9.88 Å². The quantitative estimate of drug-likeness (QED) is 0.821. The molecule has 0 aliphatic carbocycles. The smallest absolute Gasteiger partial charge is 0.273 e. The summed E-state index contributed by atoms with van der Waals surface area (Å²) in [4.78, 5) is 19.3. The second kappa shape index (κ2) is 7.62. The van der Waals surface area contributed by atoms with Crippen LogP contribution in [0.2, 0.25) is 0 Å². The summed E-state index contributed by atoms with van der Waals surface area (Å²) >= 11 is 3.04. The number of amides is 1. The first-order valence-corrected chi connectivity index (χ1v) is 8.80. The van der Waals surface area contributed by atoms with Crippen LogP contribution in [0.5, 0.6) is 5.75 Å². The van der Waals surface area contributed by atoms with Gasteiger partial charge in [0.2, 0.25) is 0 Å². The summed E-state index contributed by atoms with van der Waals surface area (Å²) in [5, 5.41) is 2.51. The lowest BCUT2D eigenvalue weighted by atomic mass is 10.2. The number of benzene rings is 1. The van der Waals surface area contributed by atoms with Crippen LogP contribution in [0.15, 0.2) is 28.5 Å². The predicted molar refractivity (Wildman–Crippen MR) is 90.6 cm³/mol. The average Bonchev–Trinajstić information content (AvgIpc) is 3.02. The van der Waals surface area contributed by atoms with Gasteiger partial charge in [-0.05, 0) is 24.0 Å². The third kappa shape index (κ3) is 3.79. The van der Waals surface area contributed by atoms with E-state index < -0.39 is 0 Å². The number of thiazole rings is 1. The van der Waals surface area contributed by atoms with Crippen LogP contribution in [0.25, 0.3) is 0 Å². The van der Waals surface area contributed by atoms with E-state index in [9.17, 15) is 4.79 Å². The first-order valence-electron chi connectivity index (χ1n) is 6.70. The molecule has 0 aliphatic rings. The Labute approximate surface area is 138 Å². The van der Waals surface area contributed by atoms with Crippen LogP contribution in [-0.4, -0.2) is 36.2 Å². The molecule has 0 aliphatic heterocycles. The summed E-state index contributed by atoms with van der Waals surface area (Å²) in [5.74, 6) is 0.716. The van der Waals surface area contributed by atoms with E-state index in [1.54, 1.807) is 36.2 Å². The molecule has 1 aromatic carbocycles. The molecular weight excluding hydrogens is 318 g/mol. The first-order chi connectivity index (χ1) is 10.6. The van der Waals surface area contributed by atoms with E-state index in [0.717, 1.165) is 21.2 Å². The lowest BCUT2D eigenvalue weighted by molar-refractivity contribution is 0.0779. The first kappa shape index (κ1) is 16.8. The molecule has 5 nitrogen and oxygen atoms in total. The number of hydrogen-bond acceptors (Lipinski definition) is 6. The fourth-order valence-corrected chi connectivity index (χ4v) is 3.22. The number of ether oxygens (including phenoxy) is 1. The fraction of sp³-hybridized carbons (Fsp3) is 0.333. The second-order valence-electron chi connectivity index (χ2n) is 4.68. The molecule has 0 atom stereocenters. The number of aromatic nitrogens is 1. The van der Waals surface area contributed by atoms with Gasteiger partial charge in [-0.25, -0.2) is 4.98 Å². The molecule has 0 saturated heterocycles. The highest BCUT2D eigenvalue weighted by Gasteiger charge is 2.16. The van der Waals surface area contributed by atoms with Crippen molar-refractivity contribution in [1.29, 1.82) is 0 Å². The van der Waals surface area contributed by atoms with Gasteiger partial charge in [-0.2, -0.15) is 0 Å². The number of carbonyl (C=O) groups excluding carboxylic acids is 1. The lowest BCUT2D eigenvalue weighted by Crippen LogP contribution is -2.26. The van der Waals surface area contributed by atoms with Crippen LogP contribution in [0.1, 0.15) is 21.1 Å². The van der Waals surface area contributed by atoms with E-state index in [4.69, 9.17) is 10.5 Å². The van der Waals surface area contributed by atoms with Gasteiger partial charge in [0.15, 0.2) is 0 Å². The standard InChI is InChI=1S/C15H19N3O2S2/c1-18(15(19)11-9-22-14(7-16)17-11)8-10-4-5-13(21-3)12(6-10)20-2/h4-6,9H,7-8,16H2,1-3H3. The average molecular weight is 337 g/mol. The third-order valence-corrected chi connectivity index (χ3v) is 4.81. The van der Waals surface area contributed by atoms with Gasteiger partial charge < -0.3 is 15.4 Å². The Hall–Kier alpha value is -1.57. The molecule has 0 fully saturated rings. The Kier molecular flexibility index (Phi) is 5.82. The van der Waals surface area contributed by atoms with Gasteiger partial charge in [0.05, 0.1) is 7.11 Å². The number of hydrogen-bond donors (Lipinski definition) is 1. The van der Waals surface area contributed by atoms with Crippen molar-refractivity contribution >= 4 is 29.0 Å². The van der Waals surface area contributed by atoms with Gasteiger partial charge in [-0.1, -0.05) is 6.07 Å². The Bertz CT molecular complexity index is 658. The zero-order valence-electron chi connectivity index (χ0n) is 12.8. The van der Waals surface area contributed by atoms with Crippen LogP contribution in [0.3, 0.4) is 0 Å². The Morgan fingerprint density at radius 3 is 2.86 bits per heavy atom. The van der Waals surface area contributed by atoms with Crippen molar-refractivity contribution in [2.75, 3.05) is 20.4 Å². The van der Waals surface area contributed by atoms with Crippen molar-refractivity contribution < 1.29 is 9.53 Å². The Balaban J connectivity index is 2.10. The number of nitrogens with zero attached hydrogens (tertiary/aromatic N) is 2. The van der Waals surface area contributed by atoms with Gasteiger partial charge in [-0.3, -0.25) is 4.79 Å². The minimum absolute atomic E-state index is 0.108. The minimum atomic E-state index is -0.108. The van der Waals surface area contributed by atoms with Crippen LogP contribution in [0.4, 0.5) is 0 Å². The number of carbonyl (C=O) groups is 1. The van der Waals surface area contributed by atoms with Gasteiger partial charge in [-0.15, -0.1) is 23.1 Å². The zero-order valence-corrected chi connectivity index (χ0v) is 14.5. The maximum absolute atomic E-state index is 12.3. The van der Waals surface area contributed by atoms with Crippen molar-refractivity contribution in [3.05, 3.63) is 39.8 Å². The predicted octanol–water partition coefficient (Wildman–Crippen LogP) is 2.60. The molecule has 118 valence electrons. The van der Waals surface area contributed by atoms with E-state index in [1.807, 2.05) is 24.5 Å². The van der Waals surface area contributed by atoms with Crippen LogP contribution in [0, 0.1) is 0 Å². The van der Waals surface area contributed by atoms with Crippen molar-refractivity contribution in [3.63, 3.8) is 0 Å². The monoisotopic (exact) mass is 337 g/mol. The fourth-order valence-electron chi connectivity index (χ4n) is 2.02. The van der Waals surface area contributed by atoms with Crippen molar-refractivity contribution in [2.45, 2.75) is 18.0 Å². The summed E-state index contributed by atoms with van der Waals surface area (Å²) in [5.41, 5.74) is 6.99. The van der Waals surface area contributed by atoms with E-state index in [1.165, 1.54) is 11.3 Å². The Morgan fingerprint density at radius 2 is 2.27 bits per heavy atom. The molecule has 0 bridgehead atoms. The van der Waals surface area contributed by atoms with E-state index in [2.05, 4.69) is 4.98 Å². The molecule has 0 unspecified atom stereocenters. The molecule has 1 heterocycles. The van der Waals surface area contributed by atoms with Crippen molar-refractivity contribution in [3.8, 4) is 5.75 Å². The zero-order chi connectivity index (χ0) is 16.1. The normalized spacial score (nSPS) is 10.5. The summed E-state index contributed by atoms with van der Waals surface area (Å²) in [6.07, 6.45) is 2.00. The molecule has 1 aromatic heterocycles. The van der Waals surface area contributed by atoms with Crippen LogP contribution >= 0.6 is 23.1 Å². The highest BCUT2D eigenvalue weighted by molar-refractivity contribution is 7.98. The molecule has 0 saturated carbocycles. The second-order valence-corrected chi connectivity index (χ2v) is 6.47. The molecular formula is C15H19N3O2S2. The third-order valence-electron chi connectivity index (χ3n) is 3.16. The summed E-state index contributed by atoms with van der Waals surface area (Å²) in [6.45, 7) is 0.856. The maximum Gasteiger partial charge on any atom is 0.273 e. The number of rotatable bonds is 6. The highest BCUT2D eigenvalue weighted by Crippen LogP contribution is 2.28. The lowest BCUT2D eigenvalue weighted by Gasteiger charge is -2.17. The van der Waals surface area contributed by atoms with Gasteiger partial charge in [0.25, 0.3) is 5.91 Å². The molecule has 2 rings (SSSR count). The van der Waals surface area contributed by atoms with Gasteiger partial charge in [0.1, 0.15) is 16.5 Å². The Morgan fingerprint density at radius 1 is 1.50 bits per heavy atom. The van der Waals surface area contributed by atoms with Crippen LogP contribution < -0.4 is 10.5 Å². The SMILES string of the molecule is COc1cc(CN(C)C(=O)c2csc(CN)n2)ccc1SC. The molecule has 7 heteroatoms. The van der Waals surface area contributed by atoms with E-state index in [-0.39, 0.29) is 5.91 Å². The topological polar surface area (TPSA) is 68.5 Å². The molecule has 0 spiro atoms. The summed E-state index contributed by atoms with van der Waals surface area (Å²) in [7, 11) is 3.41. The molecule has 0 radical (unpaired) electrons. The number of thioether (sulfide) groups is 1. The van der Waals surface area contributed by atoms with E-state index >= 15 is 0 Å². The number of methoxy groups -OCH3 is 1. The van der Waals surface area contributed by atoms with Gasteiger partial charge >= 0.3 is 0 Å². The molecule has 1 amide bonds. The molecule has 2 N–H and O–H groups in total. The summed E-state index contributed by atoms with van der Waals surface area (Å²) in [6, 6.07) is 5.97. The van der Waals surface area contributed by atoms with E-state index in [0.29, 0.717) is 18.8 Å². The van der Waals surface area contributed by atoms with Gasteiger partial charge in [0, 0.05) is 30.4 Å². The minimum Gasteiger partial charge on any atom is -0.496 e. The number of nitrogens with two attached hydrogens (primary N) is 1. The van der Waals surface area contributed by atoms with Crippen LogP contribution in [-0.2, 0) is 13.1 Å². The largest absolute Gasteiger partial charge is 0.496 e. The maximum atomic E-state index is 12.3. The highest BCUT2D eigenvalue weighted by atomic mass is 32.2. The summed E-state index contributed by atoms with van der Waals surface area (Å²) < 4.78 is 5.37. The molecule has 22 heavy (non-hydrogen) atoms.